The summed E-state index contributed by atoms with van der Waals surface area (Å²) in [6.07, 6.45) is 2.18. The Balaban J connectivity index is 0.838. The third-order valence-electron chi connectivity index (χ3n) is 13.9. The van der Waals surface area contributed by atoms with Crippen LogP contribution in [0.3, 0.4) is 0 Å². The van der Waals surface area contributed by atoms with Crippen LogP contribution in [0.15, 0.2) is 122 Å². The van der Waals surface area contributed by atoms with Crippen molar-refractivity contribution >= 4 is 41.0 Å². The average molecular weight is 1090 g/mol. The first-order valence-corrected chi connectivity index (χ1v) is 26.8. The van der Waals surface area contributed by atoms with Crippen molar-refractivity contribution in [1.29, 1.82) is 0 Å². The molecule has 2 heterocycles. The van der Waals surface area contributed by atoms with E-state index in [2.05, 4.69) is 46.6 Å². The van der Waals surface area contributed by atoms with Gasteiger partial charge in [0.2, 0.25) is 23.6 Å². The van der Waals surface area contributed by atoms with Gasteiger partial charge in [0.05, 0.1) is 51.4 Å². The minimum Gasteiger partial charge on any atom is -0.406 e. The number of alkyl halides is 3. The van der Waals surface area contributed by atoms with Crippen LogP contribution in [-0.2, 0) is 33.4 Å². The number of likely N-dealkylation sites (tertiary alicyclic amines) is 1. The van der Waals surface area contributed by atoms with Gasteiger partial charge in [0.1, 0.15) is 36.0 Å². The number of ether oxygens (including phenoxy) is 4. The molecule has 4 aromatic carbocycles. The lowest BCUT2D eigenvalue weighted by atomic mass is 9.83. The molecule has 422 valence electrons. The molecule has 1 saturated carbocycles. The van der Waals surface area contributed by atoms with Crippen LogP contribution in [0.25, 0.3) is 11.3 Å². The average Bonchev–Trinajstić information content (AvgIpc) is 4.01. The van der Waals surface area contributed by atoms with E-state index in [1.807, 2.05) is 60.7 Å². The molecule has 5 aromatic rings. The van der Waals surface area contributed by atoms with Gasteiger partial charge in [-0.3, -0.25) is 24.0 Å². The predicted octanol–water partition coefficient (Wildman–Crippen LogP) is 6.66. The van der Waals surface area contributed by atoms with Crippen LogP contribution in [0.5, 0.6) is 5.75 Å². The Kier molecular flexibility index (Phi) is 22.5. The highest BCUT2D eigenvalue weighted by Crippen LogP contribution is 2.32. The molecule has 1 aromatic heterocycles. The third kappa shape index (κ3) is 18.0. The number of hydrogen-bond acceptors (Lipinski definition) is 13. The Labute approximate surface area is 458 Å². The summed E-state index contributed by atoms with van der Waals surface area (Å²) in [6, 6.07) is 29.6. The maximum atomic E-state index is 14.5. The number of halogens is 3. The second-order valence-electron chi connectivity index (χ2n) is 19.3. The number of anilines is 2. The van der Waals surface area contributed by atoms with Crippen LogP contribution in [-0.4, -0.2) is 141 Å². The lowest BCUT2D eigenvalue weighted by Crippen LogP contribution is -2.59. The van der Waals surface area contributed by atoms with Gasteiger partial charge in [-0.25, -0.2) is 9.97 Å². The Morgan fingerprint density at radius 3 is 1.95 bits per heavy atom. The molecule has 21 heteroatoms. The van der Waals surface area contributed by atoms with Gasteiger partial charge in [-0.1, -0.05) is 92.1 Å². The molecule has 18 nitrogen and oxygen atoms in total. The molecular weight excluding hydrogens is 1020 g/mol. The summed E-state index contributed by atoms with van der Waals surface area (Å²) in [6.45, 7) is 3.96. The van der Waals surface area contributed by atoms with Crippen LogP contribution in [0.4, 0.5) is 24.7 Å². The smallest absolute Gasteiger partial charge is 0.406 e. The quantitative estimate of drug-likeness (QED) is 0.0289. The number of carbonyl (C=O) groups is 5. The van der Waals surface area contributed by atoms with Gasteiger partial charge in [0.25, 0.3) is 5.91 Å². The largest absolute Gasteiger partial charge is 0.573 e. The van der Waals surface area contributed by atoms with Gasteiger partial charge >= 0.3 is 6.36 Å². The van der Waals surface area contributed by atoms with Gasteiger partial charge in [-0.05, 0) is 93.1 Å². The van der Waals surface area contributed by atoms with Crippen molar-refractivity contribution in [2.45, 2.75) is 88.3 Å². The summed E-state index contributed by atoms with van der Waals surface area (Å²) in [7, 11) is 1.69. The molecule has 7 rings (SSSR count). The fraction of sp³-hybridized carbons (Fsp3) is 0.431. The van der Waals surface area contributed by atoms with Crippen molar-refractivity contribution in [3.63, 3.8) is 0 Å². The lowest BCUT2D eigenvalue weighted by molar-refractivity contribution is -0.274. The second kappa shape index (κ2) is 30.1. The number of rotatable bonds is 28. The molecule has 6 N–H and O–H groups in total. The highest BCUT2D eigenvalue weighted by atomic mass is 19.4. The standard InChI is InChI=1S/C58H70F3N9O9/c1-39(62-2)53(71)68-51(42-18-10-5-11-19-42)57(75)70-29-13-22-48(70)55(73)69-52(50(40-14-6-3-7-15-40)41-16-8-4-9-17-41)56(74)64-28-31-77-33-35-78-34-32-76-30-27-63-54(72)44-21-12-20-43(36-44)47-37-49(66-38-65-47)67-45-23-25-46(26-24-45)79-58(59,60)61/h3-4,6-9,12,14-17,20-21,23-26,36-39,42,48,50-52,62H,5,10-11,13,18-19,22,27-35H2,1-2H3,(H,63,72)(H,64,74)(H,68,71)(H,69,73)(H,65,66,67)/t39-,48-,51-,52-/m0/s1. The molecular formula is C58H70F3N9O9. The molecule has 79 heavy (non-hydrogen) atoms. The Morgan fingerprint density at radius 1 is 0.684 bits per heavy atom. The number of benzene rings is 4. The maximum Gasteiger partial charge on any atom is 0.573 e. The maximum absolute atomic E-state index is 14.5. The molecule has 2 fully saturated rings. The van der Waals surface area contributed by atoms with Crippen LogP contribution in [0, 0.1) is 5.92 Å². The van der Waals surface area contributed by atoms with Crippen molar-refractivity contribution < 1.29 is 56.1 Å². The number of hydrogen-bond donors (Lipinski definition) is 6. The van der Waals surface area contributed by atoms with Gasteiger partial charge in [-0.2, -0.15) is 0 Å². The molecule has 1 aliphatic heterocycles. The first-order valence-electron chi connectivity index (χ1n) is 26.8. The first kappa shape index (κ1) is 59.2. The zero-order chi connectivity index (χ0) is 56.0. The molecule has 4 atom stereocenters. The number of nitrogens with one attached hydrogen (secondary N) is 6. The van der Waals surface area contributed by atoms with E-state index in [0.29, 0.717) is 47.7 Å². The minimum atomic E-state index is -4.79. The Bertz CT molecular complexity index is 2700. The molecule has 0 radical (unpaired) electrons. The van der Waals surface area contributed by atoms with Gasteiger partial charge in [0, 0.05) is 48.4 Å². The fourth-order valence-corrected chi connectivity index (χ4v) is 9.72. The summed E-state index contributed by atoms with van der Waals surface area (Å²) < 4.78 is 58.6. The lowest BCUT2D eigenvalue weighted by Gasteiger charge is -2.36. The summed E-state index contributed by atoms with van der Waals surface area (Å²) in [5, 5.41) is 17.9. The van der Waals surface area contributed by atoms with Crippen molar-refractivity contribution in [3.05, 3.63) is 138 Å². The molecule has 5 amide bonds. The van der Waals surface area contributed by atoms with E-state index < -0.39 is 48.3 Å². The van der Waals surface area contributed by atoms with Crippen LogP contribution in [0.1, 0.15) is 79.3 Å². The van der Waals surface area contributed by atoms with Crippen molar-refractivity contribution in [2.75, 3.05) is 71.6 Å². The van der Waals surface area contributed by atoms with Crippen molar-refractivity contribution in [3.8, 4) is 17.0 Å². The SMILES string of the molecule is CN[C@@H](C)C(=O)N[C@H](C(=O)N1CCC[C@H]1C(=O)N[C@H](C(=O)NCCOCCOCCOCCNC(=O)c1cccc(-c2cc(Nc3ccc(OC(F)(F)F)cc3)ncn2)c1)C(c1ccccc1)c1ccccc1)C1CCCCC1. The third-order valence-corrected chi connectivity index (χ3v) is 13.9. The summed E-state index contributed by atoms with van der Waals surface area (Å²) in [5.74, 6) is -2.29. The number of amides is 5. The number of likely N-dealkylation sites (N-methyl/N-ethyl adjacent to an activating group) is 1. The molecule has 0 bridgehead atoms. The van der Waals surface area contributed by atoms with Gasteiger partial charge < -0.3 is 55.7 Å². The highest BCUT2D eigenvalue weighted by Gasteiger charge is 2.43. The van der Waals surface area contributed by atoms with E-state index in [0.717, 1.165) is 43.2 Å². The number of carbonyl (C=O) groups excluding carboxylic acids is 5. The number of nitrogens with zero attached hydrogens (tertiary/aromatic N) is 3. The topological polar surface area (TPSA) is 223 Å². The van der Waals surface area contributed by atoms with Gasteiger partial charge in [-0.15, -0.1) is 13.2 Å². The van der Waals surface area contributed by atoms with E-state index in [1.165, 1.54) is 30.6 Å². The Hall–Kier alpha value is -7.46. The zero-order valence-corrected chi connectivity index (χ0v) is 44.5. The van der Waals surface area contributed by atoms with Crippen molar-refractivity contribution in [1.82, 2.24) is 41.5 Å². The Morgan fingerprint density at radius 2 is 1.32 bits per heavy atom. The normalized spacial score (nSPS) is 15.9. The van der Waals surface area contributed by atoms with E-state index >= 15 is 0 Å². The molecule has 0 spiro atoms. The molecule has 1 aliphatic carbocycles. The zero-order valence-electron chi connectivity index (χ0n) is 44.5. The second-order valence-corrected chi connectivity index (χ2v) is 19.3. The highest BCUT2D eigenvalue weighted by molar-refractivity contribution is 5.96. The first-order chi connectivity index (χ1) is 38.3. The van der Waals surface area contributed by atoms with E-state index in [-0.39, 0.29) is 82.1 Å². The minimum absolute atomic E-state index is 0.0427. The molecule has 1 saturated heterocycles. The van der Waals surface area contributed by atoms with E-state index in [4.69, 9.17) is 14.2 Å². The van der Waals surface area contributed by atoms with Crippen LogP contribution in [0.2, 0.25) is 0 Å². The summed E-state index contributed by atoms with van der Waals surface area (Å²) in [5.41, 5.74) is 3.67. The number of aromatic nitrogens is 2. The van der Waals surface area contributed by atoms with E-state index in [9.17, 15) is 37.1 Å². The van der Waals surface area contributed by atoms with Gasteiger partial charge in [0.15, 0.2) is 0 Å². The molecule has 2 aliphatic rings. The fourth-order valence-electron chi connectivity index (χ4n) is 9.72. The van der Waals surface area contributed by atoms with Crippen molar-refractivity contribution in [2.24, 2.45) is 5.92 Å². The molecule has 0 unspecified atom stereocenters. The van der Waals surface area contributed by atoms with E-state index in [1.54, 1.807) is 49.2 Å². The summed E-state index contributed by atoms with van der Waals surface area (Å²) >= 11 is 0. The predicted molar refractivity (Wildman–Crippen MR) is 290 cm³/mol. The van der Waals surface area contributed by atoms with Crippen LogP contribution >= 0.6 is 0 Å². The van der Waals surface area contributed by atoms with Crippen LogP contribution < -0.4 is 36.6 Å². The monoisotopic (exact) mass is 1090 g/mol. The summed E-state index contributed by atoms with van der Waals surface area (Å²) in [4.78, 5) is 79.6.